The predicted octanol–water partition coefficient (Wildman–Crippen LogP) is 2.78. The molecule has 2 rings (SSSR count). The van der Waals surface area contributed by atoms with Crippen LogP contribution < -0.4 is 5.32 Å². The fraction of sp³-hybridized carbons (Fsp3) is 0.538. The third-order valence-electron chi connectivity index (χ3n) is 3.23. The monoisotopic (exact) mass is 240 g/mol. The van der Waals surface area contributed by atoms with Crippen molar-refractivity contribution in [2.24, 2.45) is 0 Å². The van der Waals surface area contributed by atoms with Gasteiger partial charge in [0.05, 0.1) is 5.69 Å². The molecule has 1 heterocycles. The highest BCUT2D eigenvalue weighted by molar-refractivity contribution is 5.47. The zero-order chi connectivity index (χ0) is 12.4. The van der Waals surface area contributed by atoms with Crippen molar-refractivity contribution in [1.29, 1.82) is 0 Å². The predicted molar refractivity (Wildman–Crippen MR) is 65.2 cm³/mol. The van der Waals surface area contributed by atoms with Crippen molar-refractivity contribution in [3.8, 4) is 0 Å². The Labute approximate surface area is 101 Å². The van der Waals surface area contributed by atoms with Gasteiger partial charge >= 0.3 is 0 Å². The van der Waals surface area contributed by atoms with Crippen LogP contribution in [0.25, 0.3) is 0 Å². The molecule has 0 aliphatic carbocycles. The maximum atomic E-state index is 13.6. The van der Waals surface area contributed by atoms with Gasteiger partial charge in [0, 0.05) is 18.7 Å². The number of benzene rings is 1. The molecule has 0 spiro atoms. The molecule has 94 valence electrons. The Morgan fingerprint density at radius 2 is 2.06 bits per heavy atom. The number of likely N-dealkylation sites (N-methyl/N-ethyl adjacent to an activating group) is 1. The van der Waals surface area contributed by atoms with Gasteiger partial charge in [-0.2, -0.15) is 0 Å². The average molecular weight is 240 g/mol. The standard InChI is InChI=1S/C13H18F2N2/c1-9-6-12(15)13(7-11(9)14)16-10-4-3-5-17(2)8-10/h6-7,10,16H,3-5,8H2,1-2H3. The van der Waals surface area contributed by atoms with Gasteiger partial charge in [-0.1, -0.05) is 0 Å². The summed E-state index contributed by atoms with van der Waals surface area (Å²) in [5.41, 5.74) is 0.613. The number of aryl methyl sites for hydroxylation is 1. The minimum Gasteiger partial charge on any atom is -0.379 e. The van der Waals surface area contributed by atoms with E-state index in [0.29, 0.717) is 5.56 Å². The van der Waals surface area contributed by atoms with Gasteiger partial charge in [0.15, 0.2) is 0 Å². The van der Waals surface area contributed by atoms with Crippen LogP contribution >= 0.6 is 0 Å². The van der Waals surface area contributed by atoms with E-state index in [1.54, 1.807) is 6.92 Å². The molecule has 2 nitrogen and oxygen atoms in total. The molecule has 0 saturated carbocycles. The van der Waals surface area contributed by atoms with Crippen LogP contribution in [0.2, 0.25) is 0 Å². The number of likely N-dealkylation sites (tertiary alicyclic amines) is 1. The third kappa shape index (κ3) is 2.94. The molecule has 1 aromatic rings. The largest absolute Gasteiger partial charge is 0.379 e. The highest BCUT2D eigenvalue weighted by atomic mass is 19.1. The van der Waals surface area contributed by atoms with Gasteiger partial charge < -0.3 is 10.2 Å². The van der Waals surface area contributed by atoms with E-state index < -0.39 is 0 Å². The molecule has 1 aromatic carbocycles. The number of halogens is 2. The maximum absolute atomic E-state index is 13.6. The zero-order valence-corrected chi connectivity index (χ0v) is 10.3. The van der Waals surface area contributed by atoms with Gasteiger partial charge in [0.1, 0.15) is 11.6 Å². The van der Waals surface area contributed by atoms with E-state index >= 15 is 0 Å². The van der Waals surface area contributed by atoms with Gasteiger partial charge in [-0.05, 0) is 45.0 Å². The summed E-state index contributed by atoms with van der Waals surface area (Å²) >= 11 is 0. The van der Waals surface area contributed by atoms with Crippen LogP contribution in [0.1, 0.15) is 18.4 Å². The lowest BCUT2D eigenvalue weighted by Gasteiger charge is -2.31. The summed E-state index contributed by atoms with van der Waals surface area (Å²) < 4.78 is 27.0. The topological polar surface area (TPSA) is 15.3 Å². The number of nitrogens with one attached hydrogen (secondary N) is 1. The first-order valence-electron chi connectivity index (χ1n) is 5.97. The smallest absolute Gasteiger partial charge is 0.146 e. The summed E-state index contributed by atoms with van der Waals surface area (Å²) in [7, 11) is 2.04. The van der Waals surface area contributed by atoms with Gasteiger partial charge in [-0.3, -0.25) is 0 Å². The Morgan fingerprint density at radius 3 is 2.76 bits per heavy atom. The van der Waals surface area contributed by atoms with Gasteiger partial charge in [0.2, 0.25) is 0 Å². The Balaban J connectivity index is 2.10. The lowest BCUT2D eigenvalue weighted by molar-refractivity contribution is 0.260. The first kappa shape index (κ1) is 12.3. The van der Waals surface area contributed by atoms with E-state index in [1.807, 2.05) is 7.05 Å². The van der Waals surface area contributed by atoms with Crippen molar-refractivity contribution >= 4 is 5.69 Å². The first-order chi connectivity index (χ1) is 8.06. The minimum absolute atomic E-state index is 0.199. The van der Waals surface area contributed by atoms with E-state index in [4.69, 9.17) is 0 Å². The second kappa shape index (κ2) is 5.00. The number of piperidine rings is 1. The summed E-state index contributed by atoms with van der Waals surface area (Å²) in [6.07, 6.45) is 2.09. The lowest BCUT2D eigenvalue weighted by Crippen LogP contribution is -2.39. The quantitative estimate of drug-likeness (QED) is 0.855. The van der Waals surface area contributed by atoms with Crippen LogP contribution in [0, 0.1) is 18.6 Å². The second-order valence-corrected chi connectivity index (χ2v) is 4.83. The molecular formula is C13H18F2N2. The molecule has 1 saturated heterocycles. The van der Waals surface area contributed by atoms with Crippen LogP contribution in [0.3, 0.4) is 0 Å². The summed E-state index contributed by atoms with van der Waals surface area (Å²) in [4.78, 5) is 2.20. The number of anilines is 1. The van der Waals surface area contributed by atoms with Crippen LogP contribution in [0.15, 0.2) is 12.1 Å². The van der Waals surface area contributed by atoms with Crippen molar-refractivity contribution in [1.82, 2.24) is 4.90 Å². The molecule has 1 aliphatic heterocycles. The highest BCUT2D eigenvalue weighted by Crippen LogP contribution is 2.21. The van der Waals surface area contributed by atoms with Crippen LogP contribution in [-0.4, -0.2) is 31.1 Å². The van der Waals surface area contributed by atoms with Crippen molar-refractivity contribution in [3.63, 3.8) is 0 Å². The van der Waals surface area contributed by atoms with Crippen molar-refractivity contribution < 1.29 is 8.78 Å². The van der Waals surface area contributed by atoms with E-state index in [0.717, 1.165) is 25.9 Å². The summed E-state index contributed by atoms with van der Waals surface area (Å²) in [6.45, 7) is 3.51. The summed E-state index contributed by atoms with van der Waals surface area (Å²) in [6, 6.07) is 2.69. The van der Waals surface area contributed by atoms with Gasteiger partial charge in [-0.25, -0.2) is 8.78 Å². The molecule has 1 aliphatic rings. The molecule has 17 heavy (non-hydrogen) atoms. The van der Waals surface area contributed by atoms with Crippen molar-refractivity contribution in [3.05, 3.63) is 29.3 Å². The molecule has 0 amide bonds. The Morgan fingerprint density at radius 1 is 1.29 bits per heavy atom. The molecule has 4 heteroatoms. The number of hydrogen-bond donors (Lipinski definition) is 1. The number of nitrogens with zero attached hydrogens (tertiary/aromatic N) is 1. The van der Waals surface area contributed by atoms with Gasteiger partial charge in [0.25, 0.3) is 0 Å². The van der Waals surface area contributed by atoms with Crippen LogP contribution in [0.5, 0.6) is 0 Å². The molecule has 1 unspecified atom stereocenters. The van der Waals surface area contributed by atoms with Crippen LogP contribution in [-0.2, 0) is 0 Å². The number of rotatable bonds is 2. The molecule has 0 aromatic heterocycles. The fourth-order valence-corrected chi connectivity index (χ4v) is 2.26. The Kier molecular flexibility index (Phi) is 3.62. The second-order valence-electron chi connectivity index (χ2n) is 4.83. The number of hydrogen-bond acceptors (Lipinski definition) is 2. The minimum atomic E-state index is -0.378. The summed E-state index contributed by atoms with van der Waals surface area (Å²) in [5, 5.41) is 3.09. The van der Waals surface area contributed by atoms with Crippen molar-refractivity contribution in [2.45, 2.75) is 25.8 Å². The van der Waals surface area contributed by atoms with Crippen LogP contribution in [0.4, 0.5) is 14.5 Å². The van der Waals surface area contributed by atoms with Crippen molar-refractivity contribution in [2.75, 3.05) is 25.5 Å². The maximum Gasteiger partial charge on any atom is 0.146 e. The Hall–Kier alpha value is -1.16. The molecule has 0 radical (unpaired) electrons. The van der Waals surface area contributed by atoms with E-state index in [1.165, 1.54) is 12.1 Å². The molecule has 0 bridgehead atoms. The molecular weight excluding hydrogens is 222 g/mol. The Bertz CT molecular complexity index is 407. The normalized spacial score (nSPS) is 21.5. The van der Waals surface area contributed by atoms with E-state index in [2.05, 4.69) is 10.2 Å². The molecule has 1 atom stereocenters. The lowest BCUT2D eigenvalue weighted by atomic mass is 10.1. The highest BCUT2D eigenvalue weighted by Gasteiger charge is 2.18. The van der Waals surface area contributed by atoms with E-state index in [-0.39, 0.29) is 23.4 Å². The molecule has 1 fully saturated rings. The first-order valence-corrected chi connectivity index (χ1v) is 5.97. The summed E-state index contributed by atoms with van der Waals surface area (Å²) in [5.74, 6) is -0.741. The van der Waals surface area contributed by atoms with Gasteiger partial charge in [-0.15, -0.1) is 0 Å². The average Bonchev–Trinajstić information content (AvgIpc) is 2.26. The zero-order valence-electron chi connectivity index (χ0n) is 10.3. The fourth-order valence-electron chi connectivity index (χ4n) is 2.26. The third-order valence-corrected chi connectivity index (χ3v) is 3.23. The molecule has 1 N–H and O–H groups in total. The van der Waals surface area contributed by atoms with E-state index in [9.17, 15) is 8.78 Å². The SMILES string of the molecule is Cc1cc(F)c(NC2CCCN(C)C2)cc1F.